The summed E-state index contributed by atoms with van der Waals surface area (Å²) in [6, 6.07) is 6.08. The third-order valence-electron chi connectivity index (χ3n) is 3.36. The molecule has 0 atom stereocenters. The highest BCUT2D eigenvalue weighted by Gasteiger charge is 2.26. The van der Waals surface area contributed by atoms with Crippen LogP contribution < -0.4 is 5.73 Å². The van der Waals surface area contributed by atoms with Crippen molar-refractivity contribution in [3.05, 3.63) is 30.1 Å². The number of hydrogen-bond acceptors (Lipinski definition) is 2. The van der Waals surface area contributed by atoms with Crippen molar-refractivity contribution in [3.63, 3.8) is 0 Å². The first-order valence-corrected chi connectivity index (χ1v) is 5.97. The predicted octanol–water partition coefficient (Wildman–Crippen LogP) is 2.68. The lowest BCUT2D eigenvalue weighted by Crippen LogP contribution is -2.41. The highest BCUT2D eigenvalue weighted by atomic mass is 14.8. The molecule has 1 saturated carbocycles. The van der Waals surface area contributed by atoms with E-state index in [1.54, 1.807) is 0 Å². The van der Waals surface area contributed by atoms with Crippen LogP contribution in [0.1, 0.15) is 44.2 Å². The Hall–Kier alpha value is -0.890. The molecule has 1 aliphatic carbocycles. The molecule has 0 bridgehead atoms. The van der Waals surface area contributed by atoms with Crippen LogP contribution in [0.2, 0.25) is 0 Å². The van der Waals surface area contributed by atoms with Crippen molar-refractivity contribution < 1.29 is 0 Å². The lowest BCUT2D eigenvalue weighted by molar-refractivity contribution is 0.366. The molecule has 1 heterocycles. The van der Waals surface area contributed by atoms with E-state index in [4.69, 9.17) is 5.73 Å². The Morgan fingerprint density at radius 1 is 1.13 bits per heavy atom. The van der Waals surface area contributed by atoms with Crippen LogP contribution in [0.4, 0.5) is 0 Å². The van der Waals surface area contributed by atoms with Gasteiger partial charge in [0.15, 0.2) is 0 Å². The summed E-state index contributed by atoms with van der Waals surface area (Å²) in [7, 11) is 0. The Bertz CT molecular complexity index is 287. The van der Waals surface area contributed by atoms with E-state index in [2.05, 4.69) is 11.1 Å². The maximum absolute atomic E-state index is 6.45. The Morgan fingerprint density at radius 3 is 2.47 bits per heavy atom. The summed E-state index contributed by atoms with van der Waals surface area (Å²) >= 11 is 0. The molecular weight excluding hydrogens is 184 g/mol. The van der Waals surface area contributed by atoms with Gasteiger partial charge in [0.25, 0.3) is 0 Å². The van der Waals surface area contributed by atoms with Gasteiger partial charge in [0.1, 0.15) is 0 Å². The molecular formula is C13H20N2. The quantitative estimate of drug-likeness (QED) is 0.752. The Kier molecular flexibility index (Phi) is 3.37. The second-order valence-corrected chi connectivity index (χ2v) is 4.77. The summed E-state index contributed by atoms with van der Waals surface area (Å²) in [5, 5.41) is 0. The molecule has 2 rings (SSSR count). The van der Waals surface area contributed by atoms with Crippen molar-refractivity contribution in [1.82, 2.24) is 4.98 Å². The Morgan fingerprint density at radius 2 is 1.87 bits per heavy atom. The van der Waals surface area contributed by atoms with E-state index >= 15 is 0 Å². The van der Waals surface area contributed by atoms with Crippen molar-refractivity contribution in [1.29, 1.82) is 0 Å². The number of rotatable bonds is 2. The molecule has 82 valence electrons. The van der Waals surface area contributed by atoms with Gasteiger partial charge in [-0.2, -0.15) is 0 Å². The largest absolute Gasteiger partial charge is 0.325 e. The molecule has 1 aromatic rings. The molecule has 15 heavy (non-hydrogen) atoms. The van der Waals surface area contributed by atoms with Crippen LogP contribution in [0.15, 0.2) is 24.4 Å². The number of nitrogens with zero attached hydrogens (tertiary/aromatic N) is 1. The minimum absolute atomic E-state index is 0.00481. The third kappa shape index (κ3) is 3.03. The number of nitrogens with two attached hydrogens (primary N) is 1. The van der Waals surface area contributed by atoms with E-state index in [9.17, 15) is 0 Å². The van der Waals surface area contributed by atoms with Gasteiger partial charge < -0.3 is 5.73 Å². The Labute approximate surface area is 91.9 Å². The summed E-state index contributed by atoms with van der Waals surface area (Å²) < 4.78 is 0. The van der Waals surface area contributed by atoms with Crippen LogP contribution in [0.5, 0.6) is 0 Å². The lowest BCUT2D eigenvalue weighted by Gasteiger charge is -2.27. The molecule has 0 radical (unpaired) electrons. The minimum Gasteiger partial charge on any atom is -0.325 e. The van der Waals surface area contributed by atoms with E-state index in [1.807, 2.05) is 18.3 Å². The zero-order valence-electron chi connectivity index (χ0n) is 9.28. The van der Waals surface area contributed by atoms with E-state index in [0.29, 0.717) is 0 Å². The SMILES string of the molecule is NC1(Cc2ccccn2)CCCCCC1. The highest BCUT2D eigenvalue weighted by Crippen LogP contribution is 2.27. The normalized spacial score (nSPS) is 20.9. The topological polar surface area (TPSA) is 38.9 Å². The fraction of sp³-hybridized carbons (Fsp3) is 0.615. The molecule has 2 nitrogen and oxygen atoms in total. The van der Waals surface area contributed by atoms with Gasteiger partial charge in [0, 0.05) is 23.9 Å². The first kappa shape index (κ1) is 10.6. The van der Waals surface area contributed by atoms with Crippen LogP contribution >= 0.6 is 0 Å². The summed E-state index contributed by atoms with van der Waals surface area (Å²) in [5.74, 6) is 0. The average Bonchev–Trinajstić information content (AvgIpc) is 2.45. The second-order valence-electron chi connectivity index (χ2n) is 4.77. The monoisotopic (exact) mass is 204 g/mol. The molecule has 1 aliphatic rings. The van der Waals surface area contributed by atoms with Crippen molar-refractivity contribution in [2.24, 2.45) is 5.73 Å². The molecule has 1 fully saturated rings. The summed E-state index contributed by atoms with van der Waals surface area (Å²) in [4.78, 5) is 4.37. The maximum atomic E-state index is 6.45. The van der Waals surface area contributed by atoms with Gasteiger partial charge in [-0.05, 0) is 25.0 Å². The zero-order chi connectivity index (χ0) is 10.6. The van der Waals surface area contributed by atoms with Crippen LogP contribution in [0.25, 0.3) is 0 Å². The van der Waals surface area contributed by atoms with Crippen molar-refractivity contribution in [2.45, 2.75) is 50.5 Å². The van der Waals surface area contributed by atoms with E-state index in [-0.39, 0.29) is 5.54 Å². The van der Waals surface area contributed by atoms with Gasteiger partial charge >= 0.3 is 0 Å². The summed E-state index contributed by atoms with van der Waals surface area (Å²) in [6.07, 6.45) is 10.4. The van der Waals surface area contributed by atoms with Gasteiger partial charge in [0.05, 0.1) is 0 Å². The van der Waals surface area contributed by atoms with Crippen molar-refractivity contribution >= 4 is 0 Å². The van der Waals surface area contributed by atoms with Gasteiger partial charge in [-0.25, -0.2) is 0 Å². The molecule has 0 saturated heterocycles. The fourth-order valence-electron chi connectivity index (χ4n) is 2.47. The van der Waals surface area contributed by atoms with Gasteiger partial charge in [0.2, 0.25) is 0 Å². The van der Waals surface area contributed by atoms with Crippen molar-refractivity contribution in [3.8, 4) is 0 Å². The van der Waals surface area contributed by atoms with Crippen LogP contribution in [0, 0.1) is 0 Å². The molecule has 2 heteroatoms. The van der Waals surface area contributed by atoms with Gasteiger partial charge in [-0.15, -0.1) is 0 Å². The van der Waals surface area contributed by atoms with Gasteiger partial charge in [-0.1, -0.05) is 31.7 Å². The molecule has 0 aromatic carbocycles. The predicted molar refractivity (Wildman–Crippen MR) is 62.6 cm³/mol. The van der Waals surface area contributed by atoms with E-state index in [0.717, 1.165) is 25.0 Å². The standard InChI is InChI=1S/C13H20N2/c14-13(8-4-1-2-5-9-13)11-12-7-3-6-10-15-12/h3,6-7,10H,1-2,4-5,8-9,11,14H2. The summed E-state index contributed by atoms with van der Waals surface area (Å²) in [6.45, 7) is 0. The molecule has 0 spiro atoms. The van der Waals surface area contributed by atoms with Crippen LogP contribution in [-0.2, 0) is 6.42 Å². The van der Waals surface area contributed by atoms with Crippen LogP contribution in [-0.4, -0.2) is 10.5 Å². The molecule has 2 N–H and O–H groups in total. The summed E-state index contributed by atoms with van der Waals surface area (Å²) in [5.41, 5.74) is 7.60. The van der Waals surface area contributed by atoms with E-state index in [1.165, 1.54) is 25.7 Å². The third-order valence-corrected chi connectivity index (χ3v) is 3.36. The number of aromatic nitrogens is 1. The molecule has 0 unspecified atom stereocenters. The molecule has 0 aliphatic heterocycles. The van der Waals surface area contributed by atoms with E-state index < -0.39 is 0 Å². The fourth-order valence-corrected chi connectivity index (χ4v) is 2.47. The average molecular weight is 204 g/mol. The minimum atomic E-state index is 0.00481. The number of pyridine rings is 1. The highest BCUT2D eigenvalue weighted by molar-refractivity contribution is 5.08. The first-order chi connectivity index (χ1) is 7.29. The molecule has 0 amide bonds. The van der Waals surface area contributed by atoms with Gasteiger partial charge in [-0.3, -0.25) is 4.98 Å². The second kappa shape index (κ2) is 4.75. The zero-order valence-corrected chi connectivity index (χ0v) is 9.28. The molecule has 1 aromatic heterocycles. The smallest absolute Gasteiger partial charge is 0.0421 e. The maximum Gasteiger partial charge on any atom is 0.0421 e. The van der Waals surface area contributed by atoms with Crippen molar-refractivity contribution in [2.75, 3.05) is 0 Å². The lowest BCUT2D eigenvalue weighted by atomic mass is 9.86. The first-order valence-electron chi connectivity index (χ1n) is 5.97. The van der Waals surface area contributed by atoms with Crippen LogP contribution in [0.3, 0.4) is 0 Å². The number of hydrogen-bond donors (Lipinski definition) is 1. The Balaban J connectivity index is 2.02.